The second-order valence-corrected chi connectivity index (χ2v) is 18.1. The van der Waals surface area contributed by atoms with E-state index in [9.17, 15) is 24.3 Å². The van der Waals surface area contributed by atoms with E-state index >= 15 is 0 Å². The summed E-state index contributed by atoms with van der Waals surface area (Å²) in [6.45, 7) is -0.556. The zero-order chi connectivity index (χ0) is 38.4. The third kappa shape index (κ3) is 9.88. The van der Waals surface area contributed by atoms with Crippen LogP contribution in [0.15, 0.2) is 84.9 Å². The summed E-state index contributed by atoms with van der Waals surface area (Å²) in [6, 6.07) is 24.0. The number of benzene rings is 4. The van der Waals surface area contributed by atoms with Crippen molar-refractivity contribution in [1.82, 2.24) is 15.1 Å². The zero-order valence-corrected chi connectivity index (χ0v) is 34.1. The van der Waals surface area contributed by atoms with Crippen molar-refractivity contribution in [2.24, 2.45) is 0 Å². The average molecular weight is 924 g/mol. The molecule has 284 valence electrons. The molecule has 0 aromatic heterocycles. The number of nitrogens with zero attached hydrogens (tertiary/aromatic N) is 2. The molecule has 4 aromatic carbocycles. The molecule has 3 atom stereocenters. The maximum atomic E-state index is 13.8. The van der Waals surface area contributed by atoms with Crippen LogP contribution in [0.3, 0.4) is 0 Å². The fraction of sp³-hybridized carbons (Fsp3) is 0.300. The summed E-state index contributed by atoms with van der Waals surface area (Å²) < 4.78 is 7.71. The number of hydrogen-bond donors (Lipinski definition) is 2. The number of imide groups is 1. The number of carbonyl (C=O) groups excluding carboxylic acids is 4. The monoisotopic (exact) mass is 922 g/mol. The summed E-state index contributed by atoms with van der Waals surface area (Å²) in [7, 11) is 0. The Balaban J connectivity index is 1.17. The topological polar surface area (TPSA) is 116 Å². The Bertz CT molecular complexity index is 1970. The van der Waals surface area contributed by atoms with Gasteiger partial charge in [0, 0.05) is 18.0 Å². The van der Waals surface area contributed by atoms with Crippen LogP contribution in [-0.2, 0) is 22.4 Å². The van der Waals surface area contributed by atoms with Crippen LogP contribution in [0.4, 0.5) is 0 Å². The van der Waals surface area contributed by atoms with E-state index in [2.05, 4.69) is 11.4 Å². The fourth-order valence-corrected chi connectivity index (χ4v) is 9.69. The van der Waals surface area contributed by atoms with Crippen LogP contribution in [0.25, 0.3) is 0 Å². The number of carbonyl (C=O) groups is 4. The van der Waals surface area contributed by atoms with Crippen molar-refractivity contribution < 1.29 is 50.2 Å². The minimum absolute atomic E-state index is 0.0984. The van der Waals surface area contributed by atoms with Crippen LogP contribution < -0.4 is 31.3 Å². The second kappa shape index (κ2) is 18.5. The molecule has 0 bridgehead atoms. The third-order valence-corrected chi connectivity index (χ3v) is 14.1. The first-order valence-electron chi connectivity index (χ1n) is 17.4. The Kier molecular flexibility index (Phi) is 13.8. The minimum atomic E-state index is -1.24. The van der Waals surface area contributed by atoms with Crippen molar-refractivity contribution in [2.45, 2.75) is 41.8 Å². The average Bonchev–Trinajstić information content (AvgIpc) is 3.36. The van der Waals surface area contributed by atoms with Gasteiger partial charge in [0.1, 0.15) is 0 Å². The van der Waals surface area contributed by atoms with Crippen LogP contribution in [0.1, 0.15) is 54.2 Å². The summed E-state index contributed by atoms with van der Waals surface area (Å²) in [5.74, 6) is -1.75. The van der Waals surface area contributed by atoms with Gasteiger partial charge < -0.3 is 0 Å². The molecular weight excluding hydrogens is 887 g/mol. The molecule has 0 radical (unpaired) electrons. The Morgan fingerprint density at radius 1 is 0.907 bits per heavy atom. The molecule has 0 aliphatic carbocycles. The summed E-state index contributed by atoms with van der Waals surface area (Å²) in [5.41, 5.74) is 3.55. The van der Waals surface area contributed by atoms with Gasteiger partial charge in [0.15, 0.2) is 0 Å². The van der Waals surface area contributed by atoms with Crippen LogP contribution >= 0.6 is 46.4 Å². The number of amides is 4. The Morgan fingerprint density at radius 3 is 2.17 bits per heavy atom. The predicted molar refractivity (Wildman–Crippen MR) is 205 cm³/mol. The molecule has 1 saturated heterocycles. The van der Waals surface area contributed by atoms with Crippen molar-refractivity contribution in [3.8, 4) is 5.75 Å². The van der Waals surface area contributed by atoms with Crippen LogP contribution in [-0.4, -0.2) is 81.3 Å². The number of aliphatic hydroxyl groups is 1. The van der Waals surface area contributed by atoms with Crippen molar-refractivity contribution in [2.75, 3.05) is 30.7 Å². The van der Waals surface area contributed by atoms with Gasteiger partial charge in [-0.25, -0.2) is 0 Å². The van der Waals surface area contributed by atoms with Crippen molar-refractivity contribution >= 4 is 70.0 Å². The van der Waals surface area contributed by atoms with Gasteiger partial charge >= 0.3 is 163 Å². The molecular formula is C40H37Cl4IN3O6-. The van der Waals surface area contributed by atoms with Crippen LogP contribution in [0.5, 0.6) is 5.75 Å². The molecule has 9 nitrogen and oxygen atoms in total. The van der Waals surface area contributed by atoms with Crippen molar-refractivity contribution in [3.63, 3.8) is 0 Å². The van der Waals surface area contributed by atoms with Gasteiger partial charge in [-0.3, -0.25) is 19.3 Å². The first kappa shape index (κ1) is 40.3. The molecule has 14 heteroatoms. The minimum Gasteiger partial charge on any atom is -0.0842 e. The predicted octanol–water partition coefficient (Wildman–Crippen LogP) is 4.06. The molecule has 0 spiro atoms. The quantitative estimate of drug-likeness (QED) is 0.0997. The van der Waals surface area contributed by atoms with E-state index in [-0.39, 0.29) is 69.5 Å². The molecule has 2 aliphatic rings. The molecule has 4 aromatic rings. The number of nitrogens with one attached hydrogen (secondary N) is 1. The number of rotatable bonds is 16. The molecule has 2 heterocycles. The number of ether oxygens (including phenoxy) is 1. The number of hydrogen-bond acceptors (Lipinski definition) is 6. The first-order valence-corrected chi connectivity index (χ1v) is 21.6. The molecule has 54 heavy (non-hydrogen) atoms. The number of alkyl halides is 2. The van der Waals surface area contributed by atoms with Gasteiger partial charge in [0.25, 0.3) is 11.8 Å². The van der Waals surface area contributed by atoms with Crippen LogP contribution in [0, 0.1) is 0 Å². The normalized spacial score (nSPS) is 16.2. The Labute approximate surface area is 344 Å². The molecule has 6 rings (SSSR count). The van der Waals surface area contributed by atoms with E-state index in [1.165, 1.54) is 33.4 Å². The van der Waals surface area contributed by atoms with E-state index in [0.29, 0.717) is 31.5 Å². The van der Waals surface area contributed by atoms with E-state index in [1.807, 2.05) is 42.5 Å². The summed E-state index contributed by atoms with van der Waals surface area (Å²) >= 11 is 25.6. The fourth-order valence-electron chi connectivity index (χ4n) is 6.34. The summed E-state index contributed by atoms with van der Waals surface area (Å²) in [6.07, 6.45) is 0.413. The Morgan fingerprint density at radius 2 is 1.56 bits per heavy atom. The van der Waals surface area contributed by atoms with Gasteiger partial charge in [-0.2, -0.15) is 0 Å². The molecule has 0 saturated carbocycles. The number of aliphatic hydroxyl groups excluding tert-OH is 1. The first-order chi connectivity index (χ1) is 26.0. The van der Waals surface area contributed by atoms with Gasteiger partial charge in [-0.15, -0.1) is 0 Å². The van der Waals surface area contributed by atoms with Gasteiger partial charge in [-0.1, -0.05) is 77.3 Å². The van der Waals surface area contributed by atoms with Gasteiger partial charge in [0.05, 0.1) is 21.2 Å². The molecule has 2 aliphatic heterocycles. The van der Waals surface area contributed by atoms with Crippen molar-refractivity contribution in [3.05, 3.63) is 133 Å². The van der Waals surface area contributed by atoms with Crippen molar-refractivity contribution in [1.29, 1.82) is 0 Å². The van der Waals surface area contributed by atoms with E-state index in [0.717, 1.165) is 16.0 Å². The van der Waals surface area contributed by atoms with Crippen LogP contribution in [0.2, 0.25) is 20.1 Å². The van der Waals surface area contributed by atoms with E-state index in [1.54, 1.807) is 24.3 Å². The maximum absolute atomic E-state index is 13.8. The number of fused-ring (bicyclic) bond motifs is 1. The Hall–Kier alpha value is -3.39. The summed E-state index contributed by atoms with van der Waals surface area (Å²) in [4.78, 5) is 55.5. The summed E-state index contributed by atoms with van der Waals surface area (Å²) in [5, 5.41) is 15.9. The number of halogens is 5. The smallest absolute Gasteiger partial charge is 0.0842 e. The SMILES string of the molecule is O=C(CCN1C(=O)c2ccccc2C1=O)N[C@@H](Cc1ccccc1)C(O)CN(CCc1ccc([C@H]2CC[I-]2)cc1Cl)C(=O)COc1c(Cl)cc(Cl)cc1Cl. The molecule has 1 unspecified atom stereocenters. The standard InChI is InChI=1S/C40H37Cl4IN3O6/c41-27-20-31(43)38(32(44)21-27)54-23-37(51)47(16-13-25-10-11-26(19-30(25)42)33-12-15-45-33)22-35(49)34(18-24-6-2-1-3-7-24)46-36(50)14-17-48-39(52)28-8-4-5-9-29(28)40(48)53/h1-11,19-21,33-35,49H,12-18,22-23H2,(H,46,50)/q-1/t33-,34+,35?/m1/s1. The van der Waals surface area contributed by atoms with E-state index in [4.69, 9.17) is 51.1 Å². The molecule has 2 N–H and O–H groups in total. The molecule has 4 amide bonds. The second-order valence-electron chi connectivity index (χ2n) is 13.0. The van der Waals surface area contributed by atoms with Gasteiger partial charge in [-0.05, 0) is 29.8 Å². The zero-order valence-electron chi connectivity index (χ0n) is 29.0. The molecule has 1 fully saturated rings. The van der Waals surface area contributed by atoms with Gasteiger partial charge in [0.2, 0.25) is 5.91 Å². The van der Waals surface area contributed by atoms with E-state index < -0.39 is 42.4 Å². The third-order valence-electron chi connectivity index (χ3n) is 9.36.